The summed E-state index contributed by atoms with van der Waals surface area (Å²) in [6.45, 7) is 22.7. The Kier molecular flexibility index (Phi) is 45.9. The quantitative estimate of drug-likeness (QED) is 0.0160. The van der Waals surface area contributed by atoms with Gasteiger partial charge >= 0.3 is 0 Å². The first-order valence-electron chi connectivity index (χ1n) is 40.6. The Morgan fingerprint density at radius 2 is 0.613 bits per heavy atom. The van der Waals surface area contributed by atoms with Gasteiger partial charge in [-0.15, -0.1) is 0 Å². The first-order chi connectivity index (χ1) is 54.0. The Balaban J connectivity index is 1.57. The van der Waals surface area contributed by atoms with Crippen molar-refractivity contribution in [1.82, 2.24) is 49.3 Å². The Labute approximate surface area is 654 Å². The molecular weight excluding hydrogens is 1430 g/mol. The van der Waals surface area contributed by atoms with Crippen molar-refractivity contribution in [3.05, 3.63) is 153 Å². The second-order valence-electron chi connectivity index (χ2n) is 27.5. The van der Waals surface area contributed by atoms with Gasteiger partial charge in [0.25, 0.3) is 51.6 Å². The van der Waals surface area contributed by atoms with Crippen molar-refractivity contribution in [1.29, 1.82) is 0 Å². The number of benzene rings is 1. The number of non-ortho nitro benzene ring substituents is 1. The summed E-state index contributed by atoms with van der Waals surface area (Å²) in [6, 6.07) is 12.5. The van der Waals surface area contributed by atoms with Crippen LogP contribution in [-0.2, 0) is 51.5 Å². The lowest BCUT2D eigenvalue weighted by atomic mass is 9.97. The maximum Gasteiger partial charge on any atom is 0.293 e. The third-order valence-electron chi connectivity index (χ3n) is 18.5. The highest BCUT2D eigenvalue weighted by molar-refractivity contribution is 5.98. The third-order valence-corrected chi connectivity index (χ3v) is 18.5. The molecule has 0 unspecified atom stereocenters. The number of ether oxygens (including phenoxy) is 8. The zero-order valence-corrected chi connectivity index (χ0v) is 67.4. The summed E-state index contributed by atoms with van der Waals surface area (Å²) in [6.07, 6.45) is 19.5. The normalized spacial score (nSPS) is 11.4. The molecule has 0 saturated carbocycles. The van der Waals surface area contributed by atoms with E-state index in [-0.39, 0.29) is 195 Å². The zero-order chi connectivity index (χ0) is 80.4. The molecule has 0 atom stereocenters. The van der Waals surface area contributed by atoms with Crippen molar-refractivity contribution in [2.75, 3.05) is 145 Å². The van der Waals surface area contributed by atoms with Crippen LogP contribution in [0.2, 0.25) is 0 Å². The van der Waals surface area contributed by atoms with Crippen LogP contribution in [0.1, 0.15) is 205 Å². The molecule has 0 aliphatic heterocycles. The highest BCUT2D eigenvalue weighted by Gasteiger charge is 2.26. The molecule has 0 fully saturated rings. The largest absolute Gasteiger partial charge is 0.487 e. The van der Waals surface area contributed by atoms with E-state index in [0.717, 1.165) is 82.6 Å². The van der Waals surface area contributed by atoms with Gasteiger partial charge in [-0.1, -0.05) is 119 Å². The SMILES string of the molecule is CCCCOCCn1ccc(C(=O)NCCN(CCNC(=O)c2ccn(CCOCCCC)c(=O)c2OCCCC)CC(Cc2ccc([N+](=O)[O-])cc2)CN(CCNC(=O)c2ccn(CCOCCCC)c(=O)c2OCCCC)CCNC(=O)c2ccn(CCOCCCC)c(=O)c2OCCCC)c(OCCCC)c1=O. The number of carbonyl (C=O) groups is 4. The maximum absolute atomic E-state index is 14.5. The fraction of sp³-hybridized carbons (Fsp3) is 0.634. The van der Waals surface area contributed by atoms with Crippen molar-refractivity contribution in [2.45, 2.75) is 191 Å². The third kappa shape index (κ3) is 33.2. The number of nitro benzene ring substituents is 1. The molecule has 111 heavy (non-hydrogen) atoms. The lowest BCUT2D eigenvalue weighted by Crippen LogP contribution is -2.46. The lowest BCUT2D eigenvalue weighted by molar-refractivity contribution is -0.384. The molecular formula is C82H127N11O18. The van der Waals surface area contributed by atoms with Crippen LogP contribution >= 0.6 is 0 Å². The maximum atomic E-state index is 14.5. The van der Waals surface area contributed by atoms with Crippen molar-refractivity contribution >= 4 is 29.3 Å². The minimum atomic E-state index is -0.560. The molecule has 0 spiro atoms. The van der Waals surface area contributed by atoms with E-state index in [4.69, 9.17) is 37.9 Å². The highest BCUT2D eigenvalue weighted by atomic mass is 16.6. The standard InChI is InChI=1S/C82H127N11O18/c1-9-17-49-104-57-45-89-37-29-67(71(79(89)98)108-53-21-13-5)75(94)83-33-41-87(42-34-84-76(95)68-30-38-90(46-58-105-50-18-10-2)80(99)72(68)109-54-22-14-6)62-65(61-64-25-27-66(28-26-64)93(102)103)63-88(43-35-85-77(96)69-31-39-91(47-59-106-51-19-11-3)81(100)73(69)110-55-23-15-7)44-36-86-78(97)70-32-40-92(48-60-107-52-20-12-4)82(101)74(70)111-56-24-16-8/h25-32,37-40,65H,9-24,33-36,41-63H2,1-8H3,(H,83,94)(H,84,95)(H,85,96)(H,86,97). The van der Waals surface area contributed by atoms with Gasteiger partial charge in [-0.05, 0) is 93.5 Å². The van der Waals surface area contributed by atoms with E-state index in [0.29, 0.717) is 58.5 Å². The van der Waals surface area contributed by atoms with Crippen LogP contribution in [0.3, 0.4) is 0 Å². The number of hydrogen-bond acceptors (Lipinski definition) is 20. The molecule has 0 aliphatic carbocycles. The van der Waals surface area contributed by atoms with Crippen LogP contribution in [-0.4, -0.2) is 201 Å². The van der Waals surface area contributed by atoms with E-state index in [1.54, 1.807) is 61.2 Å². The molecule has 0 bridgehead atoms. The molecule has 29 heteroatoms. The first-order valence-corrected chi connectivity index (χ1v) is 40.6. The summed E-state index contributed by atoms with van der Waals surface area (Å²) in [7, 11) is 0. The number of nitro groups is 1. The summed E-state index contributed by atoms with van der Waals surface area (Å²) >= 11 is 0. The minimum absolute atomic E-state index is 0.0280. The fourth-order valence-electron chi connectivity index (χ4n) is 11.8. The molecule has 0 saturated heterocycles. The Bertz CT molecular complexity index is 3380. The van der Waals surface area contributed by atoms with Crippen molar-refractivity contribution in [3.63, 3.8) is 0 Å². The van der Waals surface area contributed by atoms with Crippen molar-refractivity contribution in [3.8, 4) is 23.0 Å². The second-order valence-corrected chi connectivity index (χ2v) is 27.5. The van der Waals surface area contributed by atoms with E-state index in [9.17, 15) is 48.5 Å². The Hall–Kier alpha value is -8.74. The predicted molar refractivity (Wildman–Crippen MR) is 430 cm³/mol. The molecule has 4 heterocycles. The van der Waals surface area contributed by atoms with Gasteiger partial charge in [0.15, 0.2) is 23.0 Å². The number of unbranched alkanes of at least 4 members (excludes halogenated alkanes) is 8. The summed E-state index contributed by atoms with van der Waals surface area (Å²) < 4.78 is 53.3. The Morgan fingerprint density at radius 1 is 0.369 bits per heavy atom. The van der Waals surface area contributed by atoms with Gasteiger partial charge in [0, 0.05) is 155 Å². The summed E-state index contributed by atoms with van der Waals surface area (Å²) in [5.41, 5.74) is -1.09. The van der Waals surface area contributed by atoms with Crippen molar-refractivity contribution in [2.24, 2.45) is 5.92 Å². The summed E-state index contributed by atoms with van der Waals surface area (Å²) in [5.74, 6) is -2.98. The Morgan fingerprint density at radius 3 is 0.847 bits per heavy atom. The topological polar surface area (TPSA) is 328 Å². The highest BCUT2D eigenvalue weighted by Crippen LogP contribution is 2.21. The first kappa shape index (κ1) is 92.9. The number of hydrogen-bond donors (Lipinski definition) is 4. The van der Waals surface area contributed by atoms with Gasteiger partial charge in [0.2, 0.25) is 0 Å². The molecule has 5 aromatic rings. The number of amides is 4. The van der Waals surface area contributed by atoms with Gasteiger partial charge in [-0.3, -0.25) is 58.3 Å². The fourth-order valence-corrected chi connectivity index (χ4v) is 11.8. The number of carbonyl (C=O) groups excluding carboxylic acids is 4. The lowest BCUT2D eigenvalue weighted by Gasteiger charge is -2.32. The number of rotatable bonds is 63. The molecule has 0 radical (unpaired) electrons. The van der Waals surface area contributed by atoms with Gasteiger partial charge in [-0.25, -0.2) is 0 Å². The average molecular weight is 1550 g/mol. The van der Waals surface area contributed by atoms with Crippen LogP contribution in [0.5, 0.6) is 23.0 Å². The number of aromatic nitrogens is 4. The van der Waals surface area contributed by atoms with Gasteiger partial charge < -0.3 is 77.4 Å². The molecule has 29 nitrogen and oxygen atoms in total. The van der Waals surface area contributed by atoms with Crippen LogP contribution in [0, 0.1) is 16.0 Å². The molecule has 1 aromatic carbocycles. The van der Waals surface area contributed by atoms with Crippen LogP contribution in [0.4, 0.5) is 5.69 Å². The summed E-state index contributed by atoms with van der Waals surface area (Å²) in [4.78, 5) is 130. The minimum Gasteiger partial charge on any atom is -0.487 e. The number of pyridine rings is 4. The van der Waals surface area contributed by atoms with Gasteiger partial charge in [0.1, 0.15) is 0 Å². The van der Waals surface area contributed by atoms with E-state index < -0.39 is 56.7 Å². The molecule has 618 valence electrons. The number of nitrogens with one attached hydrogen (secondary N) is 4. The van der Waals surface area contributed by atoms with Gasteiger partial charge in [0.05, 0.1) is 80.0 Å². The summed E-state index contributed by atoms with van der Waals surface area (Å²) in [5, 5.41) is 24.1. The van der Waals surface area contributed by atoms with Crippen LogP contribution in [0.15, 0.2) is 92.5 Å². The van der Waals surface area contributed by atoms with Crippen molar-refractivity contribution < 1.29 is 62.0 Å². The monoisotopic (exact) mass is 1550 g/mol. The van der Waals surface area contributed by atoms with Gasteiger partial charge in [-0.2, -0.15) is 0 Å². The zero-order valence-electron chi connectivity index (χ0n) is 67.4. The molecule has 5 rings (SSSR count). The number of nitrogens with zero attached hydrogens (tertiary/aromatic N) is 7. The van der Waals surface area contributed by atoms with E-state index in [1.165, 1.54) is 30.4 Å². The smallest absolute Gasteiger partial charge is 0.293 e. The molecule has 4 aromatic heterocycles. The van der Waals surface area contributed by atoms with Crippen LogP contribution in [0.25, 0.3) is 0 Å². The second kappa shape index (κ2) is 54.8. The average Bonchev–Trinajstić information content (AvgIpc) is 0.830. The molecule has 4 N–H and O–H groups in total. The molecule has 0 aliphatic rings. The van der Waals surface area contributed by atoms with E-state index in [2.05, 4.69) is 49.0 Å². The van der Waals surface area contributed by atoms with Crippen LogP contribution < -0.4 is 62.5 Å². The predicted octanol–water partition coefficient (Wildman–Crippen LogP) is 9.71. The van der Waals surface area contributed by atoms with E-state index in [1.807, 2.05) is 37.5 Å². The van der Waals surface area contributed by atoms with E-state index >= 15 is 0 Å². The molecule has 4 amide bonds.